The van der Waals surface area contributed by atoms with E-state index in [1.165, 1.54) is 12.1 Å². The fourth-order valence-corrected chi connectivity index (χ4v) is 2.86. The third kappa shape index (κ3) is 3.51. The van der Waals surface area contributed by atoms with Crippen LogP contribution >= 0.6 is 0 Å². The van der Waals surface area contributed by atoms with Gasteiger partial charge < -0.3 is 10.5 Å². The number of benzene rings is 2. The predicted octanol–water partition coefficient (Wildman–Crippen LogP) is 2.43. The van der Waals surface area contributed by atoms with Crippen LogP contribution in [0.25, 0.3) is 0 Å². The van der Waals surface area contributed by atoms with Gasteiger partial charge >= 0.3 is 0 Å². The number of para-hydroxylation sites is 1. The lowest BCUT2D eigenvalue weighted by Crippen LogP contribution is -2.14. The summed E-state index contributed by atoms with van der Waals surface area (Å²) in [5, 5.41) is 0. The van der Waals surface area contributed by atoms with Gasteiger partial charge in [-0.1, -0.05) is 18.2 Å². The smallest absolute Gasteiger partial charge is 0.181 e. The summed E-state index contributed by atoms with van der Waals surface area (Å²) in [7, 11) is -3.34. The molecule has 0 saturated carbocycles. The van der Waals surface area contributed by atoms with Crippen molar-refractivity contribution in [1.29, 1.82) is 0 Å². The SMILES string of the molecule is Cc1ccccc1OCCS(=O)(=O)c1ccc(N)cc1. The number of anilines is 1. The molecule has 2 aromatic carbocycles. The van der Waals surface area contributed by atoms with Gasteiger partial charge in [0, 0.05) is 5.69 Å². The minimum Gasteiger partial charge on any atom is -0.492 e. The van der Waals surface area contributed by atoms with E-state index in [1.54, 1.807) is 12.1 Å². The molecule has 5 heteroatoms. The number of hydrogen-bond acceptors (Lipinski definition) is 4. The van der Waals surface area contributed by atoms with Gasteiger partial charge in [-0.3, -0.25) is 0 Å². The van der Waals surface area contributed by atoms with Crippen LogP contribution in [-0.4, -0.2) is 20.8 Å². The lowest BCUT2D eigenvalue weighted by molar-refractivity contribution is 0.338. The minimum atomic E-state index is -3.34. The van der Waals surface area contributed by atoms with Gasteiger partial charge in [-0.05, 0) is 42.8 Å². The van der Waals surface area contributed by atoms with Crippen molar-refractivity contribution >= 4 is 15.5 Å². The van der Waals surface area contributed by atoms with Crippen LogP contribution in [0.5, 0.6) is 5.75 Å². The zero-order valence-electron chi connectivity index (χ0n) is 11.2. The minimum absolute atomic E-state index is 0.0642. The van der Waals surface area contributed by atoms with Crippen LogP contribution < -0.4 is 10.5 Å². The maximum Gasteiger partial charge on any atom is 0.181 e. The van der Waals surface area contributed by atoms with Crippen molar-refractivity contribution in [3.8, 4) is 5.75 Å². The second-order valence-electron chi connectivity index (χ2n) is 4.50. The highest BCUT2D eigenvalue weighted by atomic mass is 32.2. The van der Waals surface area contributed by atoms with Crippen molar-refractivity contribution in [3.05, 3.63) is 54.1 Å². The molecule has 0 bridgehead atoms. The van der Waals surface area contributed by atoms with Crippen LogP contribution in [0.2, 0.25) is 0 Å². The molecule has 0 aliphatic rings. The van der Waals surface area contributed by atoms with Gasteiger partial charge in [-0.15, -0.1) is 0 Å². The Morgan fingerprint density at radius 2 is 1.70 bits per heavy atom. The first-order valence-electron chi connectivity index (χ1n) is 6.26. The van der Waals surface area contributed by atoms with E-state index in [-0.39, 0.29) is 17.3 Å². The van der Waals surface area contributed by atoms with Gasteiger partial charge in [0.2, 0.25) is 0 Å². The molecule has 0 amide bonds. The maximum absolute atomic E-state index is 12.1. The van der Waals surface area contributed by atoms with Crippen molar-refractivity contribution < 1.29 is 13.2 Å². The molecule has 0 unspecified atom stereocenters. The lowest BCUT2D eigenvalue weighted by Gasteiger charge is -2.09. The molecule has 0 aromatic heterocycles. The Bertz CT molecular complexity index is 679. The van der Waals surface area contributed by atoms with Gasteiger partial charge in [0.25, 0.3) is 0 Å². The fraction of sp³-hybridized carbons (Fsp3) is 0.200. The fourth-order valence-electron chi connectivity index (χ4n) is 1.77. The van der Waals surface area contributed by atoms with E-state index in [4.69, 9.17) is 10.5 Å². The highest BCUT2D eigenvalue weighted by molar-refractivity contribution is 7.91. The summed E-state index contributed by atoms with van der Waals surface area (Å²) in [6.45, 7) is 2.04. The summed E-state index contributed by atoms with van der Waals surface area (Å²) >= 11 is 0. The van der Waals surface area contributed by atoms with Crippen LogP contribution in [0.15, 0.2) is 53.4 Å². The van der Waals surface area contributed by atoms with E-state index < -0.39 is 9.84 Å². The van der Waals surface area contributed by atoms with E-state index in [0.717, 1.165) is 5.56 Å². The summed E-state index contributed by atoms with van der Waals surface area (Å²) in [4.78, 5) is 0.264. The summed E-state index contributed by atoms with van der Waals surface area (Å²) in [6, 6.07) is 13.7. The Balaban J connectivity index is 2.00. The van der Waals surface area contributed by atoms with Crippen LogP contribution in [0, 0.1) is 6.92 Å². The van der Waals surface area contributed by atoms with Gasteiger partial charge in [0.1, 0.15) is 12.4 Å². The summed E-state index contributed by atoms with van der Waals surface area (Å²) in [6.07, 6.45) is 0. The number of rotatable bonds is 5. The molecule has 0 radical (unpaired) electrons. The molecule has 4 nitrogen and oxygen atoms in total. The molecule has 20 heavy (non-hydrogen) atoms. The Morgan fingerprint density at radius 1 is 1.05 bits per heavy atom. The first-order chi connectivity index (χ1) is 9.49. The summed E-state index contributed by atoms with van der Waals surface area (Å²) in [5.41, 5.74) is 7.07. The number of nitrogens with two attached hydrogens (primary N) is 1. The molecule has 106 valence electrons. The van der Waals surface area contributed by atoms with Crippen LogP contribution in [-0.2, 0) is 9.84 Å². The lowest BCUT2D eigenvalue weighted by atomic mass is 10.2. The van der Waals surface area contributed by atoms with E-state index >= 15 is 0 Å². The van der Waals surface area contributed by atoms with Crippen LogP contribution in [0.1, 0.15) is 5.56 Å². The number of nitrogen functional groups attached to an aromatic ring is 1. The number of hydrogen-bond donors (Lipinski definition) is 1. The van der Waals surface area contributed by atoms with E-state index in [0.29, 0.717) is 11.4 Å². The third-order valence-corrected chi connectivity index (χ3v) is 4.64. The molecule has 0 aliphatic carbocycles. The van der Waals surface area contributed by atoms with Gasteiger partial charge in [-0.25, -0.2) is 8.42 Å². The quantitative estimate of drug-likeness (QED) is 0.859. The van der Waals surface area contributed by atoms with Crippen LogP contribution in [0.4, 0.5) is 5.69 Å². The van der Waals surface area contributed by atoms with Crippen molar-refractivity contribution in [3.63, 3.8) is 0 Å². The summed E-state index contributed by atoms with van der Waals surface area (Å²) in [5.74, 6) is 0.644. The second kappa shape index (κ2) is 5.96. The first kappa shape index (κ1) is 14.4. The molecule has 2 rings (SSSR count). The molecule has 2 N–H and O–H groups in total. The monoisotopic (exact) mass is 291 g/mol. The van der Waals surface area contributed by atoms with Crippen molar-refractivity contribution in [2.45, 2.75) is 11.8 Å². The van der Waals surface area contributed by atoms with E-state index in [2.05, 4.69) is 0 Å². The molecule has 0 fully saturated rings. The zero-order chi connectivity index (χ0) is 14.6. The summed E-state index contributed by atoms with van der Waals surface area (Å²) < 4.78 is 29.7. The number of aryl methyl sites for hydroxylation is 1. The van der Waals surface area contributed by atoms with Crippen molar-refractivity contribution in [2.75, 3.05) is 18.1 Å². The average molecular weight is 291 g/mol. The maximum atomic E-state index is 12.1. The average Bonchev–Trinajstić information content (AvgIpc) is 2.41. The Hall–Kier alpha value is -2.01. The van der Waals surface area contributed by atoms with Crippen molar-refractivity contribution in [1.82, 2.24) is 0 Å². The molecule has 2 aromatic rings. The predicted molar refractivity (Wildman–Crippen MR) is 79.6 cm³/mol. The molecule has 0 saturated heterocycles. The molecular formula is C15H17NO3S. The Kier molecular flexibility index (Phi) is 4.29. The topological polar surface area (TPSA) is 69.4 Å². The molecular weight excluding hydrogens is 274 g/mol. The first-order valence-corrected chi connectivity index (χ1v) is 7.91. The zero-order valence-corrected chi connectivity index (χ0v) is 12.1. The van der Waals surface area contributed by atoms with Gasteiger partial charge in [0.15, 0.2) is 9.84 Å². The standard InChI is InChI=1S/C15H17NO3S/c1-12-4-2-3-5-15(12)19-10-11-20(17,18)14-8-6-13(16)7-9-14/h2-9H,10-11,16H2,1H3. The van der Waals surface area contributed by atoms with E-state index in [9.17, 15) is 8.42 Å². The highest BCUT2D eigenvalue weighted by Crippen LogP contribution is 2.17. The van der Waals surface area contributed by atoms with Crippen LogP contribution in [0.3, 0.4) is 0 Å². The highest BCUT2D eigenvalue weighted by Gasteiger charge is 2.14. The van der Waals surface area contributed by atoms with E-state index in [1.807, 2.05) is 31.2 Å². The second-order valence-corrected chi connectivity index (χ2v) is 6.61. The molecule has 0 heterocycles. The third-order valence-electron chi connectivity index (χ3n) is 2.94. The van der Waals surface area contributed by atoms with Gasteiger partial charge in [-0.2, -0.15) is 0 Å². The molecule has 0 atom stereocenters. The Morgan fingerprint density at radius 3 is 2.35 bits per heavy atom. The molecule has 0 spiro atoms. The molecule has 0 aliphatic heterocycles. The largest absolute Gasteiger partial charge is 0.492 e. The normalized spacial score (nSPS) is 11.2. The van der Waals surface area contributed by atoms with Crippen molar-refractivity contribution in [2.24, 2.45) is 0 Å². The number of ether oxygens (including phenoxy) is 1. The Labute approximate surface area is 119 Å². The number of sulfone groups is 1. The van der Waals surface area contributed by atoms with Gasteiger partial charge in [0.05, 0.1) is 10.6 Å².